The number of carbonyl (C=O) groups is 1. The van der Waals surface area contributed by atoms with Crippen molar-refractivity contribution in [2.75, 3.05) is 5.75 Å². The molecular weight excluding hydrogens is 315 g/mol. The van der Waals surface area contributed by atoms with Crippen LogP contribution in [0, 0.1) is 12.7 Å². The highest BCUT2D eigenvalue weighted by Gasteiger charge is 2.13. The van der Waals surface area contributed by atoms with Crippen molar-refractivity contribution in [2.45, 2.75) is 12.1 Å². The topological polar surface area (TPSA) is 56.0 Å². The maximum atomic E-state index is 12.8. The molecule has 0 spiro atoms. The summed E-state index contributed by atoms with van der Waals surface area (Å²) in [4.78, 5) is 12.0. The average molecular weight is 328 g/mol. The van der Waals surface area contributed by atoms with Crippen LogP contribution in [0.5, 0.6) is 0 Å². The van der Waals surface area contributed by atoms with Gasteiger partial charge < -0.3 is 4.42 Å². The fourth-order valence-electron chi connectivity index (χ4n) is 2.04. The van der Waals surface area contributed by atoms with Gasteiger partial charge in [-0.2, -0.15) is 0 Å². The van der Waals surface area contributed by atoms with E-state index in [4.69, 9.17) is 4.42 Å². The number of aryl methyl sites for hydroxylation is 1. The zero-order valence-corrected chi connectivity index (χ0v) is 13.1. The van der Waals surface area contributed by atoms with E-state index in [9.17, 15) is 9.18 Å². The molecule has 23 heavy (non-hydrogen) atoms. The number of hydrogen-bond acceptors (Lipinski definition) is 5. The number of aromatic nitrogens is 2. The van der Waals surface area contributed by atoms with Gasteiger partial charge >= 0.3 is 0 Å². The first-order chi connectivity index (χ1) is 11.1. The van der Waals surface area contributed by atoms with Crippen molar-refractivity contribution in [1.82, 2.24) is 10.2 Å². The molecule has 116 valence electrons. The van der Waals surface area contributed by atoms with Gasteiger partial charge in [0.1, 0.15) is 5.82 Å². The molecular formula is C17H13FN2O2S. The molecule has 1 aromatic heterocycles. The molecule has 0 aliphatic carbocycles. The first-order valence-corrected chi connectivity index (χ1v) is 7.93. The van der Waals surface area contributed by atoms with Gasteiger partial charge in [0.15, 0.2) is 5.78 Å². The van der Waals surface area contributed by atoms with Crippen LogP contribution in [0.3, 0.4) is 0 Å². The number of carbonyl (C=O) groups excluding carboxylic acids is 1. The van der Waals surface area contributed by atoms with E-state index in [1.165, 1.54) is 36.0 Å². The van der Waals surface area contributed by atoms with Crippen LogP contribution >= 0.6 is 11.8 Å². The summed E-state index contributed by atoms with van der Waals surface area (Å²) in [5.74, 6) is 0.0977. The molecule has 0 N–H and O–H groups in total. The first kappa shape index (κ1) is 15.4. The zero-order valence-electron chi connectivity index (χ0n) is 12.3. The number of halogens is 1. The molecule has 0 saturated heterocycles. The van der Waals surface area contributed by atoms with Crippen LogP contribution < -0.4 is 0 Å². The number of hydrogen-bond donors (Lipinski definition) is 0. The molecule has 0 aliphatic heterocycles. The third kappa shape index (κ3) is 3.65. The number of nitrogens with zero attached hydrogens (tertiary/aromatic N) is 2. The van der Waals surface area contributed by atoms with Crippen molar-refractivity contribution in [3.8, 4) is 11.5 Å². The molecule has 2 aromatic carbocycles. The second kappa shape index (κ2) is 6.75. The summed E-state index contributed by atoms with van der Waals surface area (Å²) in [6.07, 6.45) is 0. The summed E-state index contributed by atoms with van der Waals surface area (Å²) < 4.78 is 18.4. The number of benzene rings is 2. The van der Waals surface area contributed by atoms with Gasteiger partial charge in [-0.1, -0.05) is 30.0 Å². The Balaban J connectivity index is 1.67. The molecule has 3 aromatic rings. The molecule has 6 heteroatoms. The minimum absolute atomic E-state index is 0.120. The predicted octanol–water partition coefficient (Wildman–Crippen LogP) is 4.16. The predicted molar refractivity (Wildman–Crippen MR) is 85.9 cm³/mol. The van der Waals surface area contributed by atoms with Crippen molar-refractivity contribution >= 4 is 17.5 Å². The van der Waals surface area contributed by atoms with E-state index in [1.807, 2.05) is 31.2 Å². The molecule has 0 atom stereocenters. The van der Waals surface area contributed by atoms with Crippen LogP contribution in [0.25, 0.3) is 11.5 Å². The average Bonchev–Trinajstić information content (AvgIpc) is 3.02. The van der Waals surface area contributed by atoms with Crippen molar-refractivity contribution < 1.29 is 13.6 Å². The SMILES string of the molecule is Cc1ccccc1-c1nnc(SCC(=O)c2ccc(F)cc2)o1. The second-order valence-corrected chi connectivity index (χ2v) is 5.83. The fraction of sp³-hybridized carbons (Fsp3) is 0.118. The van der Waals surface area contributed by atoms with Crippen molar-refractivity contribution in [1.29, 1.82) is 0 Å². The number of thioether (sulfide) groups is 1. The molecule has 0 amide bonds. The van der Waals surface area contributed by atoms with Gasteiger partial charge in [-0.15, -0.1) is 10.2 Å². The van der Waals surface area contributed by atoms with Gasteiger partial charge in [0.2, 0.25) is 5.89 Å². The highest BCUT2D eigenvalue weighted by atomic mass is 32.2. The summed E-state index contributed by atoms with van der Waals surface area (Å²) in [6.45, 7) is 1.96. The van der Waals surface area contributed by atoms with Crippen LogP contribution in [-0.4, -0.2) is 21.7 Å². The number of rotatable bonds is 5. The first-order valence-electron chi connectivity index (χ1n) is 6.94. The van der Waals surface area contributed by atoms with E-state index in [2.05, 4.69) is 10.2 Å². The summed E-state index contributed by atoms with van der Waals surface area (Å²) in [6, 6.07) is 13.2. The molecule has 4 nitrogen and oxygen atoms in total. The van der Waals surface area contributed by atoms with Crippen LogP contribution in [0.4, 0.5) is 4.39 Å². The minimum Gasteiger partial charge on any atom is -0.411 e. The molecule has 3 rings (SSSR count). The maximum Gasteiger partial charge on any atom is 0.277 e. The molecule has 0 bridgehead atoms. The second-order valence-electron chi connectivity index (χ2n) is 4.91. The molecule has 0 aliphatic rings. The summed E-state index contributed by atoms with van der Waals surface area (Å²) in [5, 5.41) is 8.29. The standard InChI is InChI=1S/C17H13FN2O2S/c1-11-4-2-3-5-14(11)16-19-20-17(22-16)23-10-15(21)12-6-8-13(18)9-7-12/h2-9H,10H2,1H3. The third-order valence-electron chi connectivity index (χ3n) is 3.27. The largest absolute Gasteiger partial charge is 0.411 e. The fourth-order valence-corrected chi connectivity index (χ4v) is 2.69. The molecule has 0 radical (unpaired) electrons. The number of ketones is 1. The highest BCUT2D eigenvalue weighted by Crippen LogP contribution is 2.25. The van der Waals surface area contributed by atoms with Gasteiger partial charge in [-0.05, 0) is 42.8 Å². The molecule has 1 heterocycles. The normalized spacial score (nSPS) is 10.7. The van der Waals surface area contributed by atoms with E-state index < -0.39 is 0 Å². The Kier molecular flexibility index (Phi) is 4.52. The smallest absolute Gasteiger partial charge is 0.277 e. The van der Waals surface area contributed by atoms with E-state index in [0.29, 0.717) is 16.7 Å². The van der Waals surface area contributed by atoms with Gasteiger partial charge in [0, 0.05) is 11.1 Å². The molecule has 0 unspecified atom stereocenters. The van der Waals surface area contributed by atoms with E-state index in [0.717, 1.165) is 11.1 Å². The van der Waals surface area contributed by atoms with E-state index >= 15 is 0 Å². The Morgan fingerprint density at radius 3 is 2.61 bits per heavy atom. The van der Waals surface area contributed by atoms with Crippen LogP contribution in [-0.2, 0) is 0 Å². The Labute approximate surface area is 136 Å². The highest BCUT2D eigenvalue weighted by molar-refractivity contribution is 7.99. The molecule has 0 fully saturated rings. The summed E-state index contributed by atoms with van der Waals surface area (Å²) in [7, 11) is 0. The quantitative estimate of drug-likeness (QED) is 0.520. The lowest BCUT2D eigenvalue weighted by molar-refractivity contribution is 0.102. The summed E-state index contributed by atoms with van der Waals surface area (Å²) >= 11 is 1.17. The Hall–Kier alpha value is -2.47. The van der Waals surface area contributed by atoms with Crippen molar-refractivity contribution in [3.63, 3.8) is 0 Å². The Bertz CT molecular complexity index is 831. The minimum atomic E-state index is -0.367. The van der Waals surface area contributed by atoms with Gasteiger partial charge in [0.05, 0.1) is 5.75 Å². The summed E-state index contributed by atoms with van der Waals surface area (Å²) in [5.41, 5.74) is 2.37. The Morgan fingerprint density at radius 1 is 1.13 bits per heavy atom. The molecule has 0 saturated carbocycles. The van der Waals surface area contributed by atoms with Crippen LogP contribution in [0.1, 0.15) is 15.9 Å². The monoisotopic (exact) mass is 328 g/mol. The van der Waals surface area contributed by atoms with Crippen LogP contribution in [0.15, 0.2) is 58.2 Å². The van der Waals surface area contributed by atoms with Crippen molar-refractivity contribution in [3.05, 3.63) is 65.5 Å². The lowest BCUT2D eigenvalue weighted by atomic mass is 10.1. The Morgan fingerprint density at radius 2 is 1.87 bits per heavy atom. The van der Waals surface area contributed by atoms with E-state index in [-0.39, 0.29) is 17.4 Å². The van der Waals surface area contributed by atoms with Crippen molar-refractivity contribution in [2.24, 2.45) is 0 Å². The number of Topliss-reactive ketones (excluding diaryl/α,β-unsaturated/α-hetero) is 1. The van der Waals surface area contributed by atoms with Gasteiger partial charge in [-0.25, -0.2) is 4.39 Å². The lowest BCUT2D eigenvalue weighted by Crippen LogP contribution is -2.02. The van der Waals surface area contributed by atoms with Gasteiger partial charge in [-0.3, -0.25) is 4.79 Å². The zero-order chi connectivity index (χ0) is 16.2. The lowest BCUT2D eigenvalue weighted by Gasteiger charge is -1.99. The van der Waals surface area contributed by atoms with Crippen LogP contribution in [0.2, 0.25) is 0 Å². The third-order valence-corrected chi connectivity index (χ3v) is 4.09. The van der Waals surface area contributed by atoms with E-state index in [1.54, 1.807) is 0 Å². The van der Waals surface area contributed by atoms with Gasteiger partial charge in [0.25, 0.3) is 5.22 Å². The maximum absolute atomic E-state index is 12.8.